The van der Waals surface area contributed by atoms with E-state index in [4.69, 9.17) is 27.9 Å². The summed E-state index contributed by atoms with van der Waals surface area (Å²) in [6.07, 6.45) is 3.12. The van der Waals surface area contributed by atoms with Crippen molar-refractivity contribution in [3.05, 3.63) is 33.6 Å². The fourth-order valence-electron chi connectivity index (χ4n) is 1.78. The Bertz CT molecular complexity index is 629. The van der Waals surface area contributed by atoms with E-state index in [1.807, 2.05) is 0 Å². The summed E-state index contributed by atoms with van der Waals surface area (Å²) in [4.78, 5) is 28.6. The van der Waals surface area contributed by atoms with E-state index in [1.54, 1.807) is 6.92 Å². The first-order valence-electron chi connectivity index (χ1n) is 6.82. The van der Waals surface area contributed by atoms with Gasteiger partial charge in [0.1, 0.15) is 5.82 Å². The van der Waals surface area contributed by atoms with Crippen molar-refractivity contribution in [2.75, 3.05) is 6.61 Å². The van der Waals surface area contributed by atoms with Crippen molar-refractivity contribution < 1.29 is 18.7 Å². The van der Waals surface area contributed by atoms with Gasteiger partial charge < -0.3 is 4.74 Å². The summed E-state index contributed by atoms with van der Waals surface area (Å²) in [5.41, 5.74) is -0.121. The summed E-state index contributed by atoms with van der Waals surface area (Å²) in [6, 6.07) is 2.19. The summed E-state index contributed by atoms with van der Waals surface area (Å²) >= 11 is 11.5. The lowest BCUT2D eigenvalue weighted by molar-refractivity contribution is -0.143. The number of halogens is 3. The molecule has 22 heavy (non-hydrogen) atoms. The van der Waals surface area contributed by atoms with Gasteiger partial charge in [-0.1, -0.05) is 23.2 Å². The Kier molecular flexibility index (Phi) is 5.53. The fourth-order valence-corrected chi connectivity index (χ4v) is 2.25. The molecule has 1 saturated carbocycles. The standard InChI is InChI=1S/C15H14Cl2FNO3/c1-2-22-15(21)10(7-19-8-3-4-8)14(20)9-5-13(18)12(17)6-11(9)16/h5-8,10H,2-4H2,1H3. The van der Waals surface area contributed by atoms with Gasteiger partial charge in [0, 0.05) is 17.8 Å². The Hall–Kier alpha value is -1.46. The number of Topliss-reactive ketones (excluding diaryl/α,β-unsaturated/α-hetero) is 1. The van der Waals surface area contributed by atoms with Gasteiger partial charge in [-0.15, -0.1) is 0 Å². The van der Waals surface area contributed by atoms with Crippen LogP contribution in [0.1, 0.15) is 30.1 Å². The molecule has 0 bridgehead atoms. The van der Waals surface area contributed by atoms with Crippen LogP contribution in [0.2, 0.25) is 10.0 Å². The summed E-state index contributed by atoms with van der Waals surface area (Å²) in [6.45, 7) is 1.76. The van der Waals surface area contributed by atoms with Crippen LogP contribution in [-0.2, 0) is 9.53 Å². The van der Waals surface area contributed by atoms with Crippen LogP contribution in [0.3, 0.4) is 0 Å². The highest BCUT2D eigenvalue weighted by Crippen LogP contribution is 2.27. The first kappa shape index (κ1) is 16.9. The largest absolute Gasteiger partial charge is 0.465 e. The second kappa shape index (κ2) is 7.20. The second-order valence-electron chi connectivity index (χ2n) is 4.87. The van der Waals surface area contributed by atoms with E-state index in [2.05, 4.69) is 4.99 Å². The van der Waals surface area contributed by atoms with E-state index >= 15 is 0 Å². The van der Waals surface area contributed by atoms with E-state index in [-0.39, 0.29) is 28.3 Å². The summed E-state index contributed by atoms with van der Waals surface area (Å²) in [5.74, 6) is -3.42. The predicted molar refractivity (Wildman–Crippen MR) is 82.4 cm³/mol. The van der Waals surface area contributed by atoms with Gasteiger partial charge in [-0.25, -0.2) is 4.39 Å². The number of ether oxygens (including phenoxy) is 1. The van der Waals surface area contributed by atoms with E-state index < -0.39 is 23.5 Å². The maximum Gasteiger partial charge on any atom is 0.322 e. The van der Waals surface area contributed by atoms with Gasteiger partial charge in [0.05, 0.1) is 16.7 Å². The minimum Gasteiger partial charge on any atom is -0.465 e. The molecule has 0 spiro atoms. The third-order valence-electron chi connectivity index (χ3n) is 3.09. The molecule has 0 radical (unpaired) electrons. The smallest absolute Gasteiger partial charge is 0.322 e. The van der Waals surface area contributed by atoms with Gasteiger partial charge in [-0.3, -0.25) is 14.6 Å². The molecular weight excluding hydrogens is 332 g/mol. The molecular formula is C15H14Cl2FNO3. The highest BCUT2D eigenvalue weighted by atomic mass is 35.5. The van der Waals surface area contributed by atoms with Crippen LogP contribution >= 0.6 is 23.2 Å². The number of nitrogens with zero attached hydrogens (tertiary/aromatic N) is 1. The van der Waals surface area contributed by atoms with Gasteiger partial charge in [0.25, 0.3) is 0 Å². The van der Waals surface area contributed by atoms with Crippen molar-refractivity contribution in [3.63, 3.8) is 0 Å². The first-order valence-corrected chi connectivity index (χ1v) is 7.58. The molecule has 1 aromatic rings. The van der Waals surface area contributed by atoms with E-state index in [9.17, 15) is 14.0 Å². The third-order valence-corrected chi connectivity index (χ3v) is 3.69. The number of hydrogen-bond donors (Lipinski definition) is 0. The highest BCUT2D eigenvalue weighted by Gasteiger charge is 2.30. The number of carbonyl (C=O) groups is 2. The molecule has 1 fully saturated rings. The van der Waals surface area contributed by atoms with Crippen LogP contribution in [0.25, 0.3) is 0 Å². The zero-order valence-corrected chi connectivity index (χ0v) is 13.3. The molecule has 0 saturated heterocycles. The van der Waals surface area contributed by atoms with Crippen LogP contribution < -0.4 is 0 Å². The highest BCUT2D eigenvalue weighted by molar-refractivity contribution is 6.37. The van der Waals surface area contributed by atoms with Crippen LogP contribution in [0, 0.1) is 11.7 Å². The van der Waals surface area contributed by atoms with Crippen molar-refractivity contribution in [3.8, 4) is 0 Å². The van der Waals surface area contributed by atoms with E-state index in [0.717, 1.165) is 25.0 Å². The van der Waals surface area contributed by atoms with E-state index in [0.29, 0.717) is 0 Å². The van der Waals surface area contributed by atoms with E-state index in [1.165, 1.54) is 6.21 Å². The van der Waals surface area contributed by atoms with Crippen molar-refractivity contribution in [1.29, 1.82) is 0 Å². The fraction of sp³-hybridized carbons (Fsp3) is 0.400. The lowest BCUT2D eigenvalue weighted by atomic mass is 9.98. The summed E-state index contributed by atoms with van der Waals surface area (Å²) in [5, 5.41) is -0.216. The minimum atomic E-state index is -1.24. The number of ketones is 1. The van der Waals surface area contributed by atoms with Crippen molar-refractivity contribution in [1.82, 2.24) is 0 Å². The average Bonchev–Trinajstić information content (AvgIpc) is 3.27. The Morgan fingerprint density at radius 1 is 1.41 bits per heavy atom. The SMILES string of the molecule is CCOC(=O)C(C=NC1CC1)C(=O)c1cc(F)c(Cl)cc1Cl. The molecule has 2 rings (SSSR count). The van der Waals surface area contributed by atoms with Crippen molar-refractivity contribution in [2.45, 2.75) is 25.8 Å². The monoisotopic (exact) mass is 345 g/mol. The predicted octanol–water partition coefficient (Wildman–Crippen LogP) is 3.73. The third kappa shape index (κ3) is 4.05. The Labute approximate surface area is 137 Å². The molecule has 4 nitrogen and oxygen atoms in total. The van der Waals surface area contributed by atoms with Gasteiger partial charge in [-0.05, 0) is 31.9 Å². The van der Waals surface area contributed by atoms with Gasteiger partial charge in [-0.2, -0.15) is 0 Å². The normalized spacial score (nSPS) is 15.8. The van der Waals surface area contributed by atoms with Gasteiger partial charge >= 0.3 is 5.97 Å². The molecule has 1 aliphatic rings. The molecule has 1 unspecified atom stereocenters. The molecule has 0 N–H and O–H groups in total. The topological polar surface area (TPSA) is 55.7 Å². The number of carbonyl (C=O) groups excluding carboxylic acids is 2. The Morgan fingerprint density at radius 2 is 2.09 bits per heavy atom. The van der Waals surface area contributed by atoms with Crippen LogP contribution in [-0.4, -0.2) is 30.6 Å². The first-order chi connectivity index (χ1) is 10.4. The second-order valence-corrected chi connectivity index (χ2v) is 5.68. The minimum absolute atomic E-state index is 0.0227. The van der Waals surface area contributed by atoms with Crippen molar-refractivity contribution in [2.24, 2.45) is 10.9 Å². The zero-order chi connectivity index (χ0) is 16.3. The molecule has 1 atom stereocenters. The van der Waals surface area contributed by atoms with Crippen molar-refractivity contribution >= 4 is 41.2 Å². The number of aliphatic imine (C=N–C) groups is 1. The lowest BCUT2D eigenvalue weighted by Crippen LogP contribution is -2.28. The summed E-state index contributed by atoms with van der Waals surface area (Å²) in [7, 11) is 0. The van der Waals surface area contributed by atoms with Gasteiger partial charge in [0.2, 0.25) is 0 Å². The van der Waals surface area contributed by atoms with Crippen LogP contribution in [0.4, 0.5) is 4.39 Å². The number of rotatable bonds is 6. The number of hydrogen-bond acceptors (Lipinski definition) is 4. The molecule has 0 heterocycles. The summed E-state index contributed by atoms with van der Waals surface area (Å²) < 4.78 is 18.4. The zero-order valence-electron chi connectivity index (χ0n) is 11.8. The molecule has 118 valence electrons. The number of benzene rings is 1. The molecule has 0 aromatic heterocycles. The van der Waals surface area contributed by atoms with Crippen LogP contribution in [0.15, 0.2) is 17.1 Å². The Morgan fingerprint density at radius 3 is 2.68 bits per heavy atom. The quantitative estimate of drug-likeness (QED) is 0.259. The molecule has 0 amide bonds. The molecule has 1 aliphatic carbocycles. The molecule has 0 aliphatic heterocycles. The molecule has 7 heteroatoms. The lowest BCUT2D eigenvalue weighted by Gasteiger charge is -2.12. The average molecular weight is 346 g/mol. The van der Waals surface area contributed by atoms with Gasteiger partial charge in [0.15, 0.2) is 11.7 Å². The maximum absolute atomic E-state index is 13.6. The maximum atomic E-state index is 13.6. The van der Waals surface area contributed by atoms with Crippen LogP contribution in [0.5, 0.6) is 0 Å². The molecule has 1 aromatic carbocycles. The number of esters is 1. The Balaban J connectivity index is 2.31.